The second-order valence-electron chi connectivity index (χ2n) is 5.55. The van der Waals surface area contributed by atoms with Crippen LogP contribution in [0.25, 0.3) is 0 Å². The van der Waals surface area contributed by atoms with Crippen molar-refractivity contribution in [2.24, 2.45) is 0 Å². The van der Waals surface area contributed by atoms with Crippen molar-refractivity contribution in [2.75, 3.05) is 5.73 Å². The maximum atomic E-state index is 12.3. The van der Waals surface area contributed by atoms with E-state index in [1.165, 1.54) is 6.42 Å². The molecule has 19 heavy (non-hydrogen) atoms. The highest BCUT2D eigenvalue weighted by molar-refractivity contribution is 5.94. The molecule has 1 fully saturated rings. The first kappa shape index (κ1) is 13.9. The second kappa shape index (κ2) is 5.61. The maximum absolute atomic E-state index is 12.3. The van der Waals surface area contributed by atoms with Crippen LogP contribution in [0.4, 0.5) is 5.69 Å². The van der Waals surface area contributed by atoms with Crippen LogP contribution < -0.4 is 11.2 Å². The summed E-state index contributed by atoms with van der Waals surface area (Å²) in [5.74, 6) is -0.0766. The van der Waals surface area contributed by atoms with Gasteiger partial charge < -0.3 is 5.73 Å². The quantitative estimate of drug-likeness (QED) is 0.804. The van der Waals surface area contributed by atoms with Gasteiger partial charge in [0.1, 0.15) is 0 Å². The van der Waals surface area contributed by atoms with Crippen molar-refractivity contribution in [2.45, 2.75) is 52.1 Å². The summed E-state index contributed by atoms with van der Waals surface area (Å²) >= 11 is 0. The van der Waals surface area contributed by atoms with Gasteiger partial charge in [-0.1, -0.05) is 12.5 Å². The molecule has 4 heteroatoms. The maximum Gasteiger partial charge on any atom is 0.265 e. The molecule has 0 radical (unpaired) electrons. The number of piperidine rings is 1. The number of hydrazine groups is 1. The summed E-state index contributed by atoms with van der Waals surface area (Å²) in [6.07, 6.45) is 3.48. The Balaban J connectivity index is 2.09. The van der Waals surface area contributed by atoms with Gasteiger partial charge in [0.2, 0.25) is 0 Å². The Labute approximate surface area is 114 Å². The number of nitrogen functional groups attached to an aromatic ring is 1. The lowest BCUT2D eigenvalue weighted by Crippen LogP contribution is -2.54. The molecule has 2 unspecified atom stereocenters. The highest BCUT2D eigenvalue weighted by Crippen LogP contribution is 2.21. The van der Waals surface area contributed by atoms with Crippen molar-refractivity contribution >= 4 is 11.6 Å². The smallest absolute Gasteiger partial charge is 0.265 e. The summed E-state index contributed by atoms with van der Waals surface area (Å²) in [5, 5.41) is 2.07. The minimum atomic E-state index is -0.0766. The van der Waals surface area contributed by atoms with E-state index in [2.05, 4.69) is 24.3 Å². The number of aryl methyl sites for hydroxylation is 1. The third-order valence-corrected chi connectivity index (χ3v) is 3.97. The van der Waals surface area contributed by atoms with Gasteiger partial charge in [0.05, 0.1) is 0 Å². The van der Waals surface area contributed by atoms with Gasteiger partial charge >= 0.3 is 0 Å². The molecule has 2 rings (SSSR count). The number of carbonyl (C=O) groups excluding carboxylic acids is 1. The van der Waals surface area contributed by atoms with E-state index in [1.54, 1.807) is 6.07 Å². The predicted octanol–water partition coefficient (Wildman–Crippen LogP) is 2.48. The molecular formula is C15H23N3O. The number of amides is 1. The summed E-state index contributed by atoms with van der Waals surface area (Å²) in [6, 6.07) is 6.21. The molecule has 4 nitrogen and oxygen atoms in total. The van der Waals surface area contributed by atoms with Crippen molar-refractivity contribution in [3.8, 4) is 0 Å². The molecule has 1 aliphatic heterocycles. The van der Waals surface area contributed by atoms with Crippen LogP contribution in [0.3, 0.4) is 0 Å². The fourth-order valence-electron chi connectivity index (χ4n) is 2.61. The Morgan fingerprint density at radius 1 is 1.32 bits per heavy atom. The first-order chi connectivity index (χ1) is 8.99. The predicted molar refractivity (Wildman–Crippen MR) is 77.7 cm³/mol. The first-order valence-corrected chi connectivity index (χ1v) is 6.94. The van der Waals surface area contributed by atoms with Crippen LogP contribution in [0.5, 0.6) is 0 Å². The van der Waals surface area contributed by atoms with E-state index in [-0.39, 0.29) is 5.91 Å². The number of benzene rings is 1. The largest absolute Gasteiger partial charge is 0.398 e. The van der Waals surface area contributed by atoms with Crippen molar-refractivity contribution in [3.05, 3.63) is 29.3 Å². The molecular weight excluding hydrogens is 238 g/mol. The molecule has 3 N–H and O–H groups in total. The molecule has 1 aliphatic rings. The molecule has 1 aromatic rings. The van der Waals surface area contributed by atoms with Gasteiger partial charge in [0.25, 0.3) is 5.91 Å². The van der Waals surface area contributed by atoms with E-state index < -0.39 is 0 Å². The third kappa shape index (κ3) is 3.07. The van der Waals surface area contributed by atoms with Crippen molar-refractivity contribution < 1.29 is 4.79 Å². The van der Waals surface area contributed by atoms with Crippen LogP contribution in [-0.2, 0) is 0 Å². The Morgan fingerprint density at radius 2 is 1.95 bits per heavy atom. The number of carbonyl (C=O) groups is 1. The lowest BCUT2D eigenvalue weighted by Gasteiger charge is -2.38. The van der Waals surface area contributed by atoms with Crippen LogP contribution in [0.2, 0.25) is 0 Å². The van der Waals surface area contributed by atoms with Gasteiger partial charge in [-0.25, -0.2) is 5.01 Å². The van der Waals surface area contributed by atoms with E-state index in [0.29, 0.717) is 23.3 Å². The Hall–Kier alpha value is -1.55. The van der Waals surface area contributed by atoms with Crippen molar-refractivity contribution in [3.63, 3.8) is 0 Å². The summed E-state index contributed by atoms with van der Waals surface area (Å²) in [5.41, 5.74) is 11.1. The molecule has 2 atom stereocenters. The van der Waals surface area contributed by atoms with Crippen LogP contribution in [-0.4, -0.2) is 23.0 Å². The first-order valence-electron chi connectivity index (χ1n) is 6.94. The number of anilines is 1. The van der Waals surface area contributed by atoms with Gasteiger partial charge in [0, 0.05) is 23.3 Å². The normalized spacial score (nSPS) is 24.2. The lowest BCUT2D eigenvalue weighted by atomic mass is 10.00. The molecule has 0 bridgehead atoms. The monoisotopic (exact) mass is 261 g/mol. The molecule has 1 saturated heterocycles. The molecule has 1 heterocycles. The Kier molecular flexibility index (Phi) is 4.10. The molecule has 104 valence electrons. The highest BCUT2D eigenvalue weighted by Gasteiger charge is 2.26. The van der Waals surface area contributed by atoms with E-state index in [0.717, 1.165) is 18.4 Å². The average molecular weight is 261 g/mol. The number of rotatable bonds is 2. The molecule has 1 amide bonds. The molecule has 0 spiro atoms. The topological polar surface area (TPSA) is 58.4 Å². The number of hydrogen-bond acceptors (Lipinski definition) is 3. The number of nitrogens with two attached hydrogens (primary N) is 1. The number of hydrogen-bond donors (Lipinski definition) is 2. The van der Waals surface area contributed by atoms with E-state index in [4.69, 9.17) is 5.73 Å². The van der Waals surface area contributed by atoms with Gasteiger partial charge in [-0.05, 0) is 51.3 Å². The van der Waals surface area contributed by atoms with Crippen LogP contribution >= 0.6 is 0 Å². The van der Waals surface area contributed by atoms with Gasteiger partial charge in [-0.2, -0.15) is 0 Å². The summed E-state index contributed by atoms with van der Waals surface area (Å²) < 4.78 is 0. The van der Waals surface area contributed by atoms with E-state index in [1.807, 2.05) is 19.1 Å². The zero-order chi connectivity index (χ0) is 14.0. The lowest BCUT2D eigenvalue weighted by molar-refractivity contribution is 0.0370. The van der Waals surface area contributed by atoms with Gasteiger partial charge in [-0.15, -0.1) is 0 Å². The van der Waals surface area contributed by atoms with Crippen molar-refractivity contribution in [1.82, 2.24) is 10.4 Å². The standard InChI is InChI=1S/C15H23N3O/c1-10-7-8-13(9-14(10)16)15(19)17-18-11(2)5-4-6-12(18)3/h7-9,11-12H,4-6,16H2,1-3H3,(H,17,19). The third-order valence-electron chi connectivity index (χ3n) is 3.97. The van der Waals surface area contributed by atoms with E-state index in [9.17, 15) is 4.79 Å². The zero-order valence-corrected chi connectivity index (χ0v) is 11.9. The SMILES string of the molecule is Cc1ccc(C(=O)NN2C(C)CCCC2C)cc1N. The average Bonchev–Trinajstić information content (AvgIpc) is 2.37. The van der Waals surface area contributed by atoms with Crippen LogP contribution in [0, 0.1) is 6.92 Å². The van der Waals surface area contributed by atoms with Gasteiger partial charge in [0.15, 0.2) is 0 Å². The minimum absolute atomic E-state index is 0.0766. The fourth-order valence-corrected chi connectivity index (χ4v) is 2.61. The zero-order valence-electron chi connectivity index (χ0n) is 11.9. The Morgan fingerprint density at radius 3 is 2.53 bits per heavy atom. The van der Waals surface area contributed by atoms with Crippen LogP contribution in [0.15, 0.2) is 18.2 Å². The van der Waals surface area contributed by atoms with E-state index >= 15 is 0 Å². The number of nitrogens with one attached hydrogen (secondary N) is 1. The summed E-state index contributed by atoms with van der Waals surface area (Å²) in [4.78, 5) is 12.3. The minimum Gasteiger partial charge on any atom is -0.398 e. The molecule has 1 aromatic carbocycles. The highest BCUT2D eigenvalue weighted by atomic mass is 16.2. The molecule has 0 saturated carbocycles. The van der Waals surface area contributed by atoms with Gasteiger partial charge in [-0.3, -0.25) is 10.2 Å². The number of nitrogens with zero attached hydrogens (tertiary/aromatic N) is 1. The summed E-state index contributed by atoms with van der Waals surface area (Å²) in [7, 11) is 0. The van der Waals surface area contributed by atoms with Crippen LogP contribution in [0.1, 0.15) is 49.0 Å². The second-order valence-corrected chi connectivity index (χ2v) is 5.55. The molecule has 0 aromatic heterocycles. The van der Waals surface area contributed by atoms with Crippen molar-refractivity contribution in [1.29, 1.82) is 0 Å². The fraction of sp³-hybridized carbons (Fsp3) is 0.533. The Bertz CT molecular complexity index is 462. The summed E-state index contributed by atoms with van der Waals surface area (Å²) in [6.45, 7) is 6.24. The molecule has 0 aliphatic carbocycles.